The number of amides is 1. The van der Waals surface area contributed by atoms with Crippen molar-refractivity contribution in [3.63, 3.8) is 0 Å². The molecule has 0 aromatic carbocycles. The van der Waals surface area contributed by atoms with E-state index < -0.39 is 5.54 Å². The molecule has 4 nitrogen and oxygen atoms in total. The summed E-state index contributed by atoms with van der Waals surface area (Å²) in [5.41, 5.74) is 1.75. The summed E-state index contributed by atoms with van der Waals surface area (Å²) in [6, 6.07) is 0. The van der Waals surface area contributed by atoms with Crippen molar-refractivity contribution in [3.8, 4) is 0 Å². The summed E-state index contributed by atoms with van der Waals surface area (Å²) in [5.74, 6) is 6.40. The van der Waals surface area contributed by atoms with Gasteiger partial charge in [-0.1, -0.05) is 13.8 Å². The van der Waals surface area contributed by atoms with Crippen molar-refractivity contribution in [2.75, 3.05) is 13.1 Å². The summed E-state index contributed by atoms with van der Waals surface area (Å²) in [6.07, 6.45) is 1.25. The Hall–Kier alpha value is -0.610. The molecule has 0 spiro atoms. The first-order valence-electron chi connectivity index (χ1n) is 5.64. The van der Waals surface area contributed by atoms with E-state index in [0.717, 1.165) is 13.1 Å². The van der Waals surface area contributed by atoms with Gasteiger partial charge in [0.05, 0.1) is 5.54 Å². The Labute approximate surface area is 92.2 Å². The van der Waals surface area contributed by atoms with E-state index in [-0.39, 0.29) is 5.91 Å². The molecule has 15 heavy (non-hydrogen) atoms. The Balaban J connectivity index is 2.73. The molecule has 0 bridgehead atoms. The quantitative estimate of drug-likeness (QED) is 0.404. The van der Waals surface area contributed by atoms with Gasteiger partial charge in [0, 0.05) is 13.1 Å². The summed E-state index contributed by atoms with van der Waals surface area (Å²) >= 11 is 0. The molecule has 0 unspecified atom stereocenters. The van der Waals surface area contributed by atoms with Gasteiger partial charge < -0.3 is 0 Å². The first-order valence-corrected chi connectivity index (χ1v) is 5.64. The lowest BCUT2D eigenvalue weighted by Gasteiger charge is -2.43. The highest BCUT2D eigenvalue weighted by molar-refractivity contribution is 5.84. The van der Waals surface area contributed by atoms with Crippen molar-refractivity contribution in [2.45, 2.75) is 39.7 Å². The van der Waals surface area contributed by atoms with Gasteiger partial charge >= 0.3 is 0 Å². The molecule has 0 aromatic rings. The molecule has 1 aliphatic rings. The molecular formula is C11H23N3O. The minimum Gasteiger partial charge on any atom is -0.293 e. The lowest BCUT2D eigenvalue weighted by molar-refractivity contribution is -0.133. The van der Waals surface area contributed by atoms with Crippen LogP contribution in [0.25, 0.3) is 0 Å². The van der Waals surface area contributed by atoms with Crippen molar-refractivity contribution in [1.82, 2.24) is 10.3 Å². The van der Waals surface area contributed by atoms with Crippen molar-refractivity contribution >= 4 is 5.91 Å². The number of carbonyl (C=O) groups is 1. The van der Waals surface area contributed by atoms with Crippen LogP contribution >= 0.6 is 0 Å². The minimum atomic E-state index is -0.502. The van der Waals surface area contributed by atoms with Crippen LogP contribution in [0.4, 0.5) is 0 Å². The van der Waals surface area contributed by atoms with Crippen LogP contribution in [-0.2, 0) is 4.79 Å². The number of likely N-dealkylation sites (tertiary alicyclic amines) is 1. The van der Waals surface area contributed by atoms with Gasteiger partial charge in [0.15, 0.2) is 0 Å². The number of nitrogens with zero attached hydrogens (tertiary/aromatic N) is 1. The molecule has 0 aromatic heterocycles. The topological polar surface area (TPSA) is 58.4 Å². The van der Waals surface area contributed by atoms with E-state index in [1.807, 2.05) is 13.8 Å². The summed E-state index contributed by atoms with van der Waals surface area (Å²) < 4.78 is 0. The standard InChI is InChI=1S/C11H23N3O/c1-8-5-9(2)7-14(6-8)11(3,4)10(15)13-12/h8-9H,5-7,12H2,1-4H3,(H,13,15)/t8-,9-/m1/s1. The summed E-state index contributed by atoms with van der Waals surface area (Å²) in [6.45, 7) is 10.3. The van der Waals surface area contributed by atoms with Gasteiger partial charge in [-0.15, -0.1) is 0 Å². The maximum atomic E-state index is 11.7. The van der Waals surface area contributed by atoms with Gasteiger partial charge in [-0.05, 0) is 32.1 Å². The third-order valence-electron chi connectivity index (χ3n) is 3.35. The van der Waals surface area contributed by atoms with Crippen LogP contribution in [0.3, 0.4) is 0 Å². The lowest BCUT2D eigenvalue weighted by atomic mass is 9.88. The fraction of sp³-hybridized carbons (Fsp3) is 0.909. The van der Waals surface area contributed by atoms with Crippen molar-refractivity contribution in [3.05, 3.63) is 0 Å². The summed E-state index contributed by atoms with van der Waals surface area (Å²) in [7, 11) is 0. The zero-order valence-corrected chi connectivity index (χ0v) is 10.2. The van der Waals surface area contributed by atoms with Crippen LogP contribution in [0.1, 0.15) is 34.1 Å². The fourth-order valence-corrected chi connectivity index (χ4v) is 2.44. The van der Waals surface area contributed by atoms with Crippen molar-refractivity contribution in [2.24, 2.45) is 17.7 Å². The number of carbonyl (C=O) groups excluding carboxylic acids is 1. The normalized spacial score (nSPS) is 28.9. The SMILES string of the molecule is C[C@@H]1C[C@@H](C)CN(C(C)(C)C(=O)NN)C1. The summed E-state index contributed by atoms with van der Waals surface area (Å²) in [4.78, 5) is 13.9. The van der Waals surface area contributed by atoms with E-state index in [0.29, 0.717) is 11.8 Å². The maximum Gasteiger partial charge on any atom is 0.253 e. The second kappa shape index (κ2) is 4.49. The maximum absolute atomic E-state index is 11.7. The first kappa shape index (κ1) is 12.5. The molecule has 1 saturated heterocycles. The Morgan fingerprint density at radius 3 is 2.20 bits per heavy atom. The van der Waals surface area contributed by atoms with E-state index in [4.69, 9.17) is 5.84 Å². The molecule has 88 valence electrons. The number of hydrogen-bond donors (Lipinski definition) is 2. The van der Waals surface area contributed by atoms with E-state index in [1.165, 1.54) is 6.42 Å². The Morgan fingerprint density at radius 2 is 1.80 bits per heavy atom. The van der Waals surface area contributed by atoms with E-state index in [9.17, 15) is 4.79 Å². The number of hydrazine groups is 1. The highest BCUT2D eigenvalue weighted by atomic mass is 16.2. The average molecular weight is 213 g/mol. The van der Waals surface area contributed by atoms with Gasteiger partial charge in [0.2, 0.25) is 0 Å². The van der Waals surface area contributed by atoms with Crippen LogP contribution in [0.15, 0.2) is 0 Å². The second-order valence-corrected chi connectivity index (χ2v) is 5.38. The zero-order chi connectivity index (χ0) is 11.6. The number of nitrogens with one attached hydrogen (secondary N) is 1. The second-order valence-electron chi connectivity index (χ2n) is 5.38. The Bertz CT molecular complexity index is 230. The molecule has 1 fully saturated rings. The lowest BCUT2D eigenvalue weighted by Crippen LogP contribution is -2.59. The average Bonchev–Trinajstić information content (AvgIpc) is 2.15. The molecule has 0 saturated carbocycles. The number of rotatable bonds is 2. The largest absolute Gasteiger partial charge is 0.293 e. The Morgan fingerprint density at radius 1 is 1.33 bits per heavy atom. The fourth-order valence-electron chi connectivity index (χ4n) is 2.44. The Kier molecular flexibility index (Phi) is 3.73. The number of piperidine rings is 1. The highest BCUT2D eigenvalue weighted by Gasteiger charge is 2.37. The van der Waals surface area contributed by atoms with Crippen LogP contribution in [-0.4, -0.2) is 29.4 Å². The predicted octanol–water partition coefficient (Wildman–Crippen LogP) is 0.733. The van der Waals surface area contributed by atoms with Crippen LogP contribution in [0.5, 0.6) is 0 Å². The zero-order valence-electron chi connectivity index (χ0n) is 10.2. The van der Waals surface area contributed by atoms with Crippen LogP contribution < -0.4 is 11.3 Å². The molecule has 0 radical (unpaired) electrons. The monoisotopic (exact) mass is 213 g/mol. The molecule has 0 aliphatic carbocycles. The third-order valence-corrected chi connectivity index (χ3v) is 3.35. The number of nitrogens with two attached hydrogens (primary N) is 1. The molecule has 3 N–H and O–H groups in total. The van der Waals surface area contributed by atoms with Gasteiger partial charge in [0.1, 0.15) is 0 Å². The van der Waals surface area contributed by atoms with E-state index in [2.05, 4.69) is 24.2 Å². The molecule has 1 aliphatic heterocycles. The van der Waals surface area contributed by atoms with Gasteiger partial charge in [-0.25, -0.2) is 5.84 Å². The number of hydrogen-bond acceptors (Lipinski definition) is 3. The molecule has 1 amide bonds. The summed E-state index contributed by atoms with van der Waals surface area (Å²) in [5, 5.41) is 0. The minimum absolute atomic E-state index is 0.108. The van der Waals surface area contributed by atoms with Crippen molar-refractivity contribution in [1.29, 1.82) is 0 Å². The van der Waals surface area contributed by atoms with Crippen molar-refractivity contribution < 1.29 is 4.79 Å². The third kappa shape index (κ3) is 2.69. The van der Waals surface area contributed by atoms with Gasteiger partial charge in [-0.3, -0.25) is 15.1 Å². The van der Waals surface area contributed by atoms with Crippen LogP contribution in [0, 0.1) is 11.8 Å². The predicted molar refractivity (Wildman–Crippen MR) is 60.9 cm³/mol. The smallest absolute Gasteiger partial charge is 0.253 e. The van der Waals surface area contributed by atoms with Crippen LogP contribution in [0.2, 0.25) is 0 Å². The molecule has 2 atom stereocenters. The van der Waals surface area contributed by atoms with E-state index in [1.54, 1.807) is 0 Å². The molecule has 4 heteroatoms. The highest BCUT2D eigenvalue weighted by Crippen LogP contribution is 2.27. The molecule has 1 heterocycles. The van der Waals surface area contributed by atoms with E-state index >= 15 is 0 Å². The molecule has 1 rings (SSSR count). The molecular weight excluding hydrogens is 190 g/mol. The van der Waals surface area contributed by atoms with Gasteiger partial charge in [0.25, 0.3) is 5.91 Å². The first-order chi connectivity index (χ1) is 6.87. The van der Waals surface area contributed by atoms with Gasteiger partial charge in [-0.2, -0.15) is 0 Å².